The lowest BCUT2D eigenvalue weighted by molar-refractivity contribution is -0.137. The third-order valence-electron chi connectivity index (χ3n) is 4.64. The van der Waals surface area contributed by atoms with Crippen molar-refractivity contribution in [1.29, 1.82) is 5.26 Å². The fourth-order valence-electron chi connectivity index (χ4n) is 3.09. The maximum absolute atomic E-state index is 12.2. The van der Waals surface area contributed by atoms with E-state index < -0.39 is 12.1 Å². The number of ketones is 1. The van der Waals surface area contributed by atoms with Crippen LogP contribution in [0.5, 0.6) is 11.5 Å². The van der Waals surface area contributed by atoms with Gasteiger partial charge in [0.25, 0.3) is 0 Å². The molecule has 0 spiro atoms. The number of hydrogen-bond donors (Lipinski definition) is 1. The number of aliphatic carboxylic acids is 1. The minimum absolute atomic E-state index is 0.144. The van der Waals surface area contributed by atoms with E-state index in [0.29, 0.717) is 34.8 Å². The highest BCUT2D eigenvalue weighted by molar-refractivity contribution is 7.07. The van der Waals surface area contributed by atoms with Crippen LogP contribution in [0, 0.1) is 11.3 Å². The van der Waals surface area contributed by atoms with Crippen LogP contribution in [-0.2, 0) is 11.4 Å². The van der Waals surface area contributed by atoms with Crippen LogP contribution in [0.15, 0.2) is 59.3 Å². The number of rotatable bonds is 10. The molecule has 0 aliphatic heterocycles. The highest BCUT2D eigenvalue weighted by Crippen LogP contribution is 2.33. The van der Waals surface area contributed by atoms with Gasteiger partial charge in [0.2, 0.25) is 0 Å². The van der Waals surface area contributed by atoms with E-state index in [-0.39, 0.29) is 18.6 Å². The molecule has 0 radical (unpaired) electrons. The van der Waals surface area contributed by atoms with Gasteiger partial charge in [-0.05, 0) is 53.9 Å². The molecule has 0 fully saturated rings. The summed E-state index contributed by atoms with van der Waals surface area (Å²) in [5.74, 6) is -0.345. The summed E-state index contributed by atoms with van der Waals surface area (Å²) in [6, 6.07) is 15.9. The maximum atomic E-state index is 12.2. The van der Waals surface area contributed by atoms with E-state index in [1.165, 1.54) is 6.92 Å². The predicted octanol–water partition coefficient (Wildman–Crippen LogP) is 5.39. The van der Waals surface area contributed by atoms with Crippen molar-refractivity contribution in [2.24, 2.45) is 0 Å². The van der Waals surface area contributed by atoms with Gasteiger partial charge in [0.15, 0.2) is 5.78 Å². The van der Waals surface area contributed by atoms with Crippen molar-refractivity contribution in [2.45, 2.75) is 32.5 Å². The molecule has 0 saturated carbocycles. The van der Waals surface area contributed by atoms with Gasteiger partial charge in [0, 0.05) is 18.1 Å². The minimum Gasteiger partial charge on any atom is -0.489 e. The molecule has 0 aliphatic rings. The van der Waals surface area contributed by atoms with Crippen LogP contribution < -0.4 is 9.47 Å². The van der Waals surface area contributed by atoms with E-state index in [9.17, 15) is 14.9 Å². The molecule has 0 bridgehead atoms. The van der Waals surface area contributed by atoms with Gasteiger partial charge in [-0.2, -0.15) is 16.6 Å². The molecule has 158 valence electrons. The van der Waals surface area contributed by atoms with Crippen molar-refractivity contribution in [3.63, 3.8) is 0 Å². The Balaban J connectivity index is 1.92. The van der Waals surface area contributed by atoms with Gasteiger partial charge in [-0.3, -0.25) is 9.59 Å². The van der Waals surface area contributed by atoms with Gasteiger partial charge in [0.05, 0.1) is 17.2 Å². The van der Waals surface area contributed by atoms with Gasteiger partial charge in [-0.25, -0.2) is 0 Å². The molecule has 2 aromatic carbocycles. The fourth-order valence-corrected chi connectivity index (χ4v) is 3.74. The van der Waals surface area contributed by atoms with Crippen molar-refractivity contribution in [2.75, 3.05) is 0 Å². The van der Waals surface area contributed by atoms with Gasteiger partial charge >= 0.3 is 5.97 Å². The number of ether oxygens (including phenoxy) is 2. The number of nitriles is 1. The van der Waals surface area contributed by atoms with Gasteiger partial charge in [-0.15, -0.1) is 0 Å². The summed E-state index contributed by atoms with van der Waals surface area (Å²) >= 11 is 1.58. The quantitative estimate of drug-likeness (QED) is 0.429. The summed E-state index contributed by atoms with van der Waals surface area (Å²) in [4.78, 5) is 23.3. The molecule has 0 amide bonds. The Kier molecular flexibility index (Phi) is 7.41. The van der Waals surface area contributed by atoms with Gasteiger partial charge < -0.3 is 14.6 Å². The highest BCUT2D eigenvalue weighted by Gasteiger charge is 2.21. The number of thiophene rings is 1. The van der Waals surface area contributed by atoms with E-state index >= 15 is 0 Å². The third kappa shape index (κ3) is 5.93. The van der Waals surface area contributed by atoms with E-state index in [4.69, 9.17) is 14.6 Å². The van der Waals surface area contributed by atoms with Gasteiger partial charge in [-0.1, -0.05) is 18.2 Å². The Morgan fingerprint density at radius 1 is 1.19 bits per heavy atom. The zero-order valence-corrected chi connectivity index (χ0v) is 17.7. The molecule has 31 heavy (non-hydrogen) atoms. The van der Waals surface area contributed by atoms with E-state index in [0.717, 1.165) is 5.56 Å². The first-order chi connectivity index (χ1) is 15.0. The number of nitrogens with zero attached hydrogens (tertiary/aromatic N) is 1. The lowest BCUT2D eigenvalue weighted by Gasteiger charge is -2.22. The maximum Gasteiger partial charge on any atom is 0.303 e. The highest BCUT2D eigenvalue weighted by atomic mass is 32.1. The standard InChI is InChI=1S/C24H21NO5S/c1-16(26)20-7-6-19(29-14-17-10-11-31-15-17)12-23(20)30-22(8-9-24(27)28)21-5-3-2-4-18(21)13-25/h2-7,10-12,15,22H,8-9,14H2,1H3,(H,27,28). The molecule has 1 N–H and O–H groups in total. The lowest BCUT2D eigenvalue weighted by atomic mass is 9.99. The van der Waals surface area contributed by atoms with Crippen molar-refractivity contribution in [3.8, 4) is 17.6 Å². The van der Waals surface area contributed by atoms with Crippen LogP contribution in [-0.4, -0.2) is 16.9 Å². The number of carboxylic acids is 1. The van der Waals surface area contributed by atoms with E-state index in [1.807, 2.05) is 16.8 Å². The zero-order chi connectivity index (χ0) is 22.2. The van der Waals surface area contributed by atoms with Crippen molar-refractivity contribution < 1.29 is 24.2 Å². The van der Waals surface area contributed by atoms with E-state index in [1.54, 1.807) is 53.8 Å². The molecule has 1 aromatic heterocycles. The van der Waals surface area contributed by atoms with Crippen LogP contribution in [0.2, 0.25) is 0 Å². The fraction of sp³-hybridized carbons (Fsp3) is 0.208. The smallest absolute Gasteiger partial charge is 0.303 e. The summed E-state index contributed by atoms with van der Waals surface area (Å²) in [5.41, 5.74) is 2.36. The molecule has 1 heterocycles. The van der Waals surface area contributed by atoms with E-state index in [2.05, 4.69) is 6.07 Å². The molecular formula is C24H21NO5S. The number of carboxylic acid groups (broad SMARTS) is 1. The van der Waals surface area contributed by atoms with Crippen LogP contribution in [0.1, 0.15) is 52.9 Å². The molecule has 0 aliphatic carbocycles. The second-order valence-electron chi connectivity index (χ2n) is 6.87. The average Bonchev–Trinajstić information content (AvgIpc) is 3.28. The van der Waals surface area contributed by atoms with Crippen LogP contribution >= 0.6 is 11.3 Å². The molecule has 1 unspecified atom stereocenters. The number of benzene rings is 2. The van der Waals surface area contributed by atoms with Crippen LogP contribution in [0.25, 0.3) is 0 Å². The lowest BCUT2D eigenvalue weighted by Crippen LogP contribution is -2.13. The monoisotopic (exact) mass is 435 g/mol. The number of carbonyl (C=O) groups excluding carboxylic acids is 1. The minimum atomic E-state index is -0.970. The molecule has 6 nitrogen and oxygen atoms in total. The normalized spacial score (nSPS) is 11.4. The number of Topliss-reactive ketones (excluding diaryl/α,β-unsaturated/α-hetero) is 1. The van der Waals surface area contributed by atoms with Crippen molar-refractivity contribution in [3.05, 3.63) is 81.5 Å². The molecule has 3 rings (SSSR count). The molecular weight excluding hydrogens is 414 g/mol. The molecule has 1 atom stereocenters. The second-order valence-corrected chi connectivity index (χ2v) is 7.65. The summed E-state index contributed by atoms with van der Waals surface area (Å²) in [6.45, 7) is 1.81. The Bertz CT molecular complexity index is 1100. The van der Waals surface area contributed by atoms with Crippen LogP contribution in [0.3, 0.4) is 0 Å². The molecule has 3 aromatic rings. The largest absolute Gasteiger partial charge is 0.489 e. The third-order valence-corrected chi connectivity index (χ3v) is 5.37. The second kappa shape index (κ2) is 10.4. The predicted molar refractivity (Wildman–Crippen MR) is 116 cm³/mol. The van der Waals surface area contributed by atoms with Crippen molar-refractivity contribution >= 4 is 23.1 Å². The van der Waals surface area contributed by atoms with Crippen molar-refractivity contribution in [1.82, 2.24) is 0 Å². The summed E-state index contributed by atoms with van der Waals surface area (Å²) in [5, 5.41) is 22.6. The number of carbonyl (C=O) groups is 2. The zero-order valence-electron chi connectivity index (χ0n) is 16.9. The first-order valence-corrected chi connectivity index (χ1v) is 10.6. The molecule has 0 saturated heterocycles. The van der Waals surface area contributed by atoms with Crippen LogP contribution in [0.4, 0.5) is 0 Å². The van der Waals surface area contributed by atoms with Gasteiger partial charge in [0.1, 0.15) is 24.2 Å². The Morgan fingerprint density at radius 3 is 2.68 bits per heavy atom. The first-order valence-electron chi connectivity index (χ1n) is 9.64. The Hall–Kier alpha value is -3.63. The summed E-state index contributed by atoms with van der Waals surface area (Å²) in [7, 11) is 0. The molecule has 7 heteroatoms. The number of hydrogen-bond acceptors (Lipinski definition) is 6. The Morgan fingerprint density at radius 2 is 2.00 bits per heavy atom. The SMILES string of the molecule is CC(=O)c1ccc(OCc2ccsc2)cc1OC(CCC(=O)O)c1ccccc1C#N. The summed E-state index contributed by atoms with van der Waals surface area (Å²) < 4.78 is 12.0. The topological polar surface area (TPSA) is 96.6 Å². The first kappa shape index (κ1) is 22.1. The average molecular weight is 436 g/mol. The summed E-state index contributed by atoms with van der Waals surface area (Å²) in [6.07, 6.45) is -0.711. The Labute approximate surface area is 184 Å².